The van der Waals surface area contributed by atoms with Crippen molar-refractivity contribution < 1.29 is 9.47 Å². The Labute approximate surface area is 84.2 Å². The molecule has 0 saturated heterocycles. The van der Waals surface area contributed by atoms with E-state index in [4.69, 9.17) is 15.9 Å². The lowest BCUT2D eigenvalue weighted by atomic mass is 10.3. The molecule has 0 bridgehead atoms. The number of rotatable bonds is 5. The van der Waals surface area contributed by atoms with Gasteiger partial charge in [-0.25, -0.2) is 0 Å². The molecule has 14 heavy (non-hydrogen) atoms. The van der Waals surface area contributed by atoms with E-state index in [1.807, 2.05) is 18.2 Å². The quantitative estimate of drug-likeness (QED) is 0.521. The molecule has 0 aliphatic heterocycles. The predicted octanol–water partition coefficient (Wildman–Crippen LogP) is 2.26. The SMILES string of the molecule is C#CCOc1cccc(OCC=C)c1. The third-order valence-corrected chi connectivity index (χ3v) is 1.50. The topological polar surface area (TPSA) is 18.5 Å². The maximum Gasteiger partial charge on any atom is 0.148 e. The monoisotopic (exact) mass is 188 g/mol. The van der Waals surface area contributed by atoms with Crippen LogP contribution in [0.4, 0.5) is 0 Å². The zero-order chi connectivity index (χ0) is 10.2. The first-order chi connectivity index (χ1) is 6.86. The van der Waals surface area contributed by atoms with Crippen molar-refractivity contribution in [1.29, 1.82) is 0 Å². The van der Waals surface area contributed by atoms with Gasteiger partial charge < -0.3 is 9.47 Å². The molecule has 0 aromatic heterocycles. The summed E-state index contributed by atoms with van der Waals surface area (Å²) in [5.41, 5.74) is 0. The summed E-state index contributed by atoms with van der Waals surface area (Å²) in [5.74, 6) is 3.86. The van der Waals surface area contributed by atoms with Gasteiger partial charge in [-0.15, -0.1) is 6.42 Å². The van der Waals surface area contributed by atoms with Crippen molar-refractivity contribution in [2.24, 2.45) is 0 Å². The molecule has 1 rings (SSSR count). The Morgan fingerprint density at radius 1 is 1.36 bits per heavy atom. The Morgan fingerprint density at radius 3 is 2.71 bits per heavy atom. The maximum absolute atomic E-state index is 5.33. The van der Waals surface area contributed by atoms with E-state index < -0.39 is 0 Å². The molecule has 1 aromatic rings. The first-order valence-electron chi connectivity index (χ1n) is 4.27. The Hall–Kier alpha value is -1.88. The number of ether oxygens (including phenoxy) is 2. The average Bonchev–Trinajstić information content (AvgIpc) is 2.24. The molecule has 0 spiro atoms. The van der Waals surface area contributed by atoms with Crippen molar-refractivity contribution in [2.45, 2.75) is 0 Å². The van der Waals surface area contributed by atoms with Crippen LogP contribution in [0.25, 0.3) is 0 Å². The van der Waals surface area contributed by atoms with Gasteiger partial charge in [0.25, 0.3) is 0 Å². The van der Waals surface area contributed by atoms with Crippen LogP contribution in [0.2, 0.25) is 0 Å². The van der Waals surface area contributed by atoms with Gasteiger partial charge in [0.15, 0.2) is 0 Å². The van der Waals surface area contributed by atoms with E-state index in [9.17, 15) is 0 Å². The first kappa shape index (κ1) is 10.2. The lowest BCUT2D eigenvalue weighted by Gasteiger charge is -2.05. The molecule has 0 fully saturated rings. The van der Waals surface area contributed by atoms with Crippen LogP contribution in [0.1, 0.15) is 0 Å². The van der Waals surface area contributed by atoms with Crippen LogP contribution in [0.5, 0.6) is 11.5 Å². The highest BCUT2D eigenvalue weighted by molar-refractivity contribution is 5.33. The summed E-state index contributed by atoms with van der Waals surface area (Å²) in [6, 6.07) is 7.33. The number of benzene rings is 1. The Morgan fingerprint density at radius 2 is 2.07 bits per heavy atom. The minimum atomic E-state index is 0.269. The fourth-order valence-corrected chi connectivity index (χ4v) is 0.934. The standard InChI is InChI=1S/C12H12O2/c1-3-8-13-11-6-5-7-12(10-11)14-9-4-2/h1,4-7,10H,2,8-9H2. The van der Waals surface area contributed by atoms with Gasteiger partial charge in [0.05, 0.1) is 0 Å². The zero-order valence-corrected chi connectivity index (χ0v) is 7.90. The van der Waals surface area contributed by atoms with Crippen LogP contribution < -0.4 is 9.47 Å². The molecular weight excluding hydrogens is 176 g/mol. The highest BCUT2D eigenvalue weighted by atomic mass is 16.5. The smallest absolute Gasteiger partial charge is 0.148 e. The lowest BCUT2D eigenvalue weighted by Crippen LogP contribution is -1.95. The molecule has 0 aliphatic carbocycles. The fourth-order valence-electron chi connectivity index (χ4n) is 0.934. The van der Waals surface area contributed by atoms with Crippen molar-refractivity contribution in [1.82, 2.24) is 0 Å². The van der Waals surface area contributed by atoms with Crippen molar-refractivity contribution in [3.8, 4) is 23.8 Å². The highest BCUT2D eigenvalue weighted by Crippen LogP contribution is 2.19. The summed E-state index contributed by atoms with van der Waals surface area (Å²) in [6.07, 6.45) is 6.76. The van der Waals surface area contributed by atoms with E-state index in [2.05, 4.69) is 12.5 Å². The van der Waals surface area contributed by atoms with Crippen molar-refractivity contribution in [2.75, 3.05) is 13.2 Å². The van der Waals surface area contributed by atoms with Gasteiger partial charge in [-0.1, -0.05) is 24.6 Å². The largest absolute Gasteiger partial charge is 0.489 e. The van der Waals surface area contributed by atoms with Crippen LogP contribution >= 0.6 is 0 Å². The molecule has 0 saturated carbocycles. The third kappa shape index (κ3) is 3.24. The summed E-state index contributed by atoms with van der Waals surface area (Å²) in [7, 11) is 0. The van der Waals surface area contributed by atoms with Crippen LogP contribution in [-0.4, -0.2) is 13.2 Å². The van der Waals surface area contributed by atoms with E-state index in [1.165, 1.54) is 0 Å². The highest BCUT2D eigenvalue weighted by Gasteiger charge is 1.95. The van der Waals surface area contributed by atoms with Crippen molar-refractivity contribution >= 4 is 0 Å². The number of hydrogen-bond donors (Lipinski definition) is 0. The lowest BCUT2D eigenvalue weighted by molar-refractivity contribution is 0.348. The second kappa shape index (κ2) is 5.71. The average molecular weight is 188 g/mol. The minimum absolute atomic E-state index is 0.269. The normalized spacial score (nSPS) is 8.79. The second-order valence-electron chi connectivity index (χ2n) is 2.57. The van der Waals surface area contributed by atoms with Gasteiger partial charge in [0.1, 0.15) is 24.7 Å². The molecule has 0 amide bonds. The molecule has 1 aromatic carbocycles. The van der Waals surface area contributed by atoms with Crippen LogP contribution in [0.15, 0.2) is 36.9 Å². The van der Waals surface area contributed by atoms with Gasteiger partial charge in [-0.2, -0.15) is 0 Å². The van der Waals surface area contributed by atoms with E-state index >= 15 is 0 Å². The van der Waals surface area contributed by atoms with E-state index in [1.54, 1.807) is 12.1 Å². The maximum atomic E-state index is 5.33. The molecule has 2 heteroatoms. The molecular formula is C12H12O2. The predicted molar refractivity (Wildman–Crippen MR) is 56.5 cm³/mol. The summed E-state index contributed by atoms with van der Waals surface area (Å²) in [4.78, 5) is 0. The summed E-state index contributed by atoms with van der Waals surface area (Å²) in [6.45, 7) is 4.32. The molecule has 0 atom stereocenters. The van der Waals surface area contributed by atoms with Gasteiger partial charge >= 0.3 is 0 Å². The zero-order valence-electron chi connectivity index (χ0n) is 7.90. The number of terminal acetylenes is 1. The molecule has 0 N–H and O–H groups in total. The van der Waals surface area contributed by atoms with Gasteiger partial charge in [0, 0.05) is 6.07 Å². The van der Waals surface area contributed by atoms with Crippen LogP contribution in [0, 0.1) is 12.3 Å². The van der Waals surface area contributed by atoms with E-state index in [0.29, 0.717) is 12.4 Å². The first-order valence-corrected chi connectivity index (χ1v) is 4.27. The van der Waals surface area contributed by atoms with Crippen molar-refractivity contribution in [3.63, 3.8) is 0 Å². The minimum Gasteiger partial charge on any atom is -0.489 e. The molecule has 0 radical (unpaired) electrons. The Kier molecular flexibility index (Phi) is 4.16. The van der Waals surface area contributed by atoms with Crippen LogP contribution in [0.3, 0.4) is 0 Å². The van der Waals surface area contributed by atoms with Gasteiger partial charge in [0.2, 0.25) is 0 Å². The fraction of sp³-hybridized carbons (Fsp3) is 0.167. The number of hydrogen-bond acceptors (Lipinski definition) is 2. The Balaban J connectivity index is 2.59. The van der Waals surface area contributed by atoms with Gasteiger partial charge in [-0.05, 0) is 12.1 Å². The van der Waals surface area contributed by atoms with Crippen LogP contribution in [-0.2, 0) is 0 Å². The molecule has 0 heterocycles. The summed E-state index contributed by atoms with van der Waals surface area (Å²) in [5, 5.41) is 0. The van der Waals surface area contributed by atoms with E-state index in [-0.39, 0.29) is 6.61 Å². The molecule has 72 valence electrons. The van der Waals surface area contributed by atoms with Crippen molar-refractivity contribution in [3.05, 3.63) is 36.9 Å². The van der Waals surface area contributed by atoms with Gasteiger partial charge in [-0.3, -0.25) is 0 Å². The molecule has 0 aliphatic rings. The molecule has 0 unspecified atom stereocenters. The van der Waals surface area contributed by atoms with E-state index in [0.717, 1.165) is 5.75 Å². The summed E-state index contributed by atoms with van der Waals surface area (Å²) >= 11 is 0. The molecule has 2 nitrogen and oxygen atoms in total. The second-order valence-corrected chi connectivity index (χ2v) is 2.57. The Bertz CT molecular complexity index is 336. The third-order valence-electron chi connectivity index (χ3n) is 1.50. The summed E-state index contributed by atoms with van der Waals surface area (Å²) < 4.78 is 10.6.